The van der Waals surface area contributed by atoms with Crippen molar-refractivity contribution < 1.29 is 9.90 Å². The number of amides is 1. The van der Waals surface area contributed by atoms with E-state index in [4.69, 9.17) is 5.11 Å². The van der Waals surface area contributed by atoms with E-state index in [-0.39, 0.29) is 12.5 Å². The Morgan fingerprint density at radius 1 is 1.30 bits per heavy atom. The summed E-state index contributed by atoms with van der Waals surface area (Å²) in [5.41, 5.74) is 1.65. The number of carbonyl (C=O) groups is 1. The zero-order valence-corrected chi connectivity index (χ0v) is 11.3. The maximum absolute atomic E-state index is 12.5. The van der Waals surface area contributed by atoms with E-state index in [0.29, 0.717) is 25.2 Å². The van der Waals surface area contributed by atoms with Crippen molar-refractivity contribution in [3.05, 3.63) is 36.0 Å². The first-order valence-corrected chi connectivity index (χ1v) is 6.89. The minimum absolute atomic E-state index is 0.0742. The first-order valence-electron chi connectivity index (χ1n) is 6.89. The summed E-state index contributed by atoms with van der Waals surface area (Å²) in [5, 5.41) is 9.92. The van der Waals surface area contributed by atoms with Crippen LogP contribution >= 0.6 is 0 Å². The third-order valence-corrected chi connectivity index (χ3v) is 3.80. The largest absolute Gasteiger partial charge is 0.395 e. The van der Waals surface area contributed by atoms with Crippen LogP contribution in [0.15, 0.2) is 24.4 Å². The van der Waals surface area contributed by atoms with Gasteiger partial charge in [-0.25, -0.2) is 0 Å². The lowest BCUT2D eigenvalue weighted by Gasteiger charge is -2.34. The highest BCUT2D eigenvalue weighted by molar-refractivity contribution is 5.97. The van der Waals surface area contributed by atoms with Gasteiger partial charge in [-0.3, -0.25) is 9.69 Å². The van der Waals surface area contributed by atoms with Crippen LogP contribution in [-0.4, -0.2) is 65.1 Å². The zero-order chi connectivity index (χ0) is 13.9. The van der Waals surface area contributed by atoms with Crippen LogP contribution in [0.5, 0.6) is 0 Å². The molecule has 0 atom stereocenters. The number of aromatic nitrogens is 1. The lowest BCUT2D eigenvalue weighted by molar-refractivity contribution is 0.0615. The summed E-state index contributed by atoms with van der Waals surface area (Å²) in [7, 11) is 0. The number of carbonyl (C=O) groups excluding carboxylic acids is 1. The molecule has 2 aromatic rings. The van der Waals surface area contributed by atoms with Crippen molar-refractivity contribution >= 4 is 16.8 Å². The lowest BCUT2D eigenvalue weighted by Crippen LogP contribution is -2.49. The highest BCUT2D eigenvalue weighted by atomic mass is 16.3. The molecule has 5 heteroatoms. The Kier molecular flexibility index (Phi) is 3.71. The number of hydrogen-bond donors (Lipinski definition) is 2. The van der Waals surface area contributed by atoms with Gasteiger partial charge in [-0.1, -0.05) is 6.07 Å². The molecule has 105 valence electrons. The van der Waals surface area contributed by atoms with Gasteiger partial charge in [0.15, 0.2) is 0 Å². The number of aliphatic hydroxyl groups excluding tert-OH is 1. The number of fused-ring (bicyclic) bond motifs is 1. The first kappa shape index (κ1) is 13.1. The van der Waals surface area contributed by atoms with Crippen molar-refractivity contribution in [2.24, 2.45) is 0 Å². The Hall–Kier alpha value is -1.85. The molecule has 1 aromatic heterocycles. The van der Waals surface area contributed by atoms with Gasteiger partial charge in [0.1, 0.15) is 0 Å². The van der Waals surface area contributed by atoms with Gasteiger partial charge in [0.25, 0.3) is 5.91 Å². The Bertz CT molecular complexity index is 600. The Morgan fingerprint density at radius 2 is 2.10 bits per heavy atom. The molecular weight excluding hydrogens is 254 g/mol. The number of nitrogens with zero attached hydrogens (tertiary/aromatic N) is 2. The van der Waals surface area contributed by atoms with E-state index in [1.54, 1.807) is 6.20 Å². The third kappa shape index (κ3) is 2.55. The predicted octanol–water partition coefficient (Wildman–Crippen LogP) is 0.718. The van der Waals surface area contributed by atoms with Gasteiger partial charge in [0.2, 0.25) is 0 Å². The van der Waals surface area contributed by atoms with Crippen molar-refractivity contribution in [3.63, 3.8) is 0 Å². The smallest absolute Gasteiger partial charge is 0.254 e. The molecule has 0 spiro atoms. The Balaban J connectivity index is 1.69. The van der Waals surface area contributed by atoms with E-state index in [2.05, 4.69) is 16.0 Å². The minimum atomic E-state index is 0.0742. The van der Waals surface area contributed by atoms with Gasteiger partial charge in [-0.15, -0.1) is 0 Å². The molecule has 1 radical (unpaired) electrons. The predicted molar refractivity (Wildman–Crippen MR) is 76.6 cm³/mol. The molecule has 2 heterocycles. The maximum atomic E-state index is 12.5. The standard InChI is InChI=1S/C15H18N3O2/c19-10-9-17-5-7-18(8-6-17)15(20)13-2-1-12-3-4-16-14(12)11-13/h1-2,4,11,16,19H,5-10H2. The summed E-state index contributed by atoms with van der Waals surface area (Å²) in [6.07, 6.45) is 1.76. The molecule has 1 amide bonds. The molecule has 5 nitrogen and oxygen atoms in total. The monoisotopic (exact) mass is 272 g/mol. The summed E-state index contributed by atoms with van der Waals surface area (Å²) in [5.74, 6) is 0.0742. The summed E-state index contributed by atoms with van der Waals surface area (Å²) in [6.45, 7) is 3.94. The average molecular weight is 272 g/mol. The quantitative estimate of drug-likeness (QED) is 0.865. The van der Waals surface area contributed by atoms with Crippen molar-refractivity contribution in [1.29, 1.82) is 0 Å². The molecule has 0 unspecified atom stereocenters. The molecule has 1 aliphatic rings. The molecule has 1 fully saturated rings. The molecular formula is C15H18N3O2. The number of piperazine rings is 1. The van der Waals surface area contributed by atoms with Crippen LogP contribution in [0.2, 0.25) is 0 Å². The average Bonchev–Trinajstić information content (AvgIpc) is 2.95. The van der Waals surface area contributed by atoms with E-state index in [9.17, 15) is 4.79 Å². The molecule has 3 rings (SSSR count). The SMILES string of the molecule is O=C(c1ccc2[c]c[nH]c2c1)N1CCN(CCO)CC1. The van der Waals surface area contributed by atoms with Crippen molar-refractivity contribution in [3.8, 4) is 0 Å². The van der Waals surface area contributed by atoms with E-state index in [1.807, 2.05) is 23.1 Å². The van der Waals surface area contributed by atoms with Gasteiger partial charge in [-0.05, 0) is 12.1 Å². The lowest BCUT2D eigenvalue weighted by atomic mass is 10.1. The van der Waals surface area contributed by atoms with E-state index < -0.39 is 0 Å². The number of β-amino-alcohol motifs (C(OH)–C–C–N with tert-alkyl or cyclic N) is 1. The fraction of sp³-hybridized carbons (Fsp3) is 0.400. The molecule has 0 saturated carbocycles. The van der Waals surface area contributed by atoms with Gasteiger partial charge in [0.05, 0.1) is 6.61 Å². The van der Waals surface area contributed by atoms with Crippen LogP contribution in [0.4, 0.5) is 0 Å². The first-order chi connectivity index (χ1) is 9.78. The van der Waals surface area contributed by atoms with Crippen molar-refractivity contribution in [2.45, 2.75) is 0 Å². The van der Waals surface area contributed by atoms with Crippen LogP contribution in [0.3, 0.4) is 0 Å². The zero-order valence-electron chi connectivity index (χ0n) is 11.3. The summed E-state index contributed by atoms with van der Waals surface area (Å²) in [4.78, 5) is 19.6. The van der Waals surface area contributed by atoms with Crippen LogP contribution in [0, 0.1) is 6.07 Å². The number of aliphatic hydroxyl groups is 1. The Labute approximate surface area is 117 Å². The second-order valence-corrected chi connectivity index (χ2v) is 5.05. The molecule has 20 heavy (non-hydrogen) atoms. The van der Waals surface area contributed by atoms with Crippen LogP contribution in [0.25, 0.3) is 10.9 Å². The molecule has 1 aromatic carbocycles. The second-order valence-electron chi connectivity index (χ2n) is 5.05. The maximum Gasteiger partial charge on any atom is 0.254 e. The molecule has 1 aliphatic heterocycles. The molecule has 1 saturated heterocycles. The number of rotatable bonds is 3. The van der Waals surface area contributed by atoms with E-state index in [1.165, 1.54) is 0 Å². The summed E-state index contributed by atoms with van der Waals surface area (Å²) < 4.78 is 0. The van der Waals surface area contributed by atoms with Crippen molar-refractivity contribution in [1.82, 2.24) is 14.8 Å². The van der Waals surface area contributed by atoms with Crippen LogP contribution in [-0.2, 0) is 0 Å². The van der Waals surface area contributed by atoms with Crippen LogP contribution < -0.4 is 0 Å². The minimum Gasteiger partial charge on any atom is -0.395 e. The topological polar surface area (TPSA) is 59.6 Å². The van der Waals surface area contributed by atoms with Gasteiger partial charge >= 0.3 is 0 Å². The van der Waals surface area contributed by atoms with Crippen molar-refractivity contribution in [2.75, 3.05) is 39.3 Å². The van der Waals surface area contributed by atoms with E-state index >= 15 is 0 Å². The highest BCUT2D eigenvalue weighted by Gasteiger charge is 2.21. The number of hydrogen-bond acceptors (Lipinski definition) is 3. The van der Waals surface area contributed by atoms with Gasteiger partial charge in [0, 0.05) is 61.5 Å². The van der Waals surface area contributed by atoms with Gasteiger partial charge in [-0.2, -0.15) is 0 Å². The highest BCUT2D eigenvalue weighted by Crippen LogP contribution is 2.16. The number of H-pyrrole nitrogens is 1. The fourth-order valence-corrected chi connectivity index (χ4v) is 2.61. The Morgan fingerprint density at radius 3 is 2.85 bits per heavy atom. The fourth-order valence-electron chi connectivity index (χ4n) is 2.61. The number of aromatic amines is 1. The van der Waals surface area contributed by atoms with E-state index in [0.717, 1.165) is 24.0 Å². The molecule has 0 bridgehead atoms. The normalized spacial score (nSPS) is 16.8. The summed E-state index contributed by atoms with van der Waals surface area (Å²) >= 11 is 0. The second kappa shape index (κ2) is 5.64. The number of benzene rings is 1. The summed E-state index contributed by atoms with van der Waals surface area (Å²) in [6, 6.07) is 8.73. The number of nitrogens with one attached hydrogen (secondary N) is 1. The molecule has 2 N–H and O–H groups in total. The molecule has 0 aliphatic carbocycles. The van der Waals surface area contributed by atoms with Gasteiger partial charge < -0.3 is 15.0 Å². The third-order valence-electron chi connectivity index (χ3n) is 3.80. The van der Waals surface area contributed by atoms with Crippen LogP contribution in [0.1, 0.15) is 10.4 Å².